The summed E-state index contributed by atoms with van der Waals surface area (Å²) in [5.41, 5.74) is 2.64. The summed E-state index contributed by atoms with van der Waals surface area (Å²) in [7, 11) is 0. The largest absolute Gasteiger partial charge is 0.382 e. The van der Waals surface area contributed by atoms with Gasteiger partial charge in [0.2, 0.25) is 0 Å². The number of nitrogens with zero attached hydrogens (tertiary/aromatic N) is 4. The average molecular weight is 232 g/mol. The average Bonchev–Trinajstić information content (AvgIpc) is 2.86. The Labute approximate surface area is 100 Å². The van der Waals surface area contributed by atoms with E-state index in [-0.39, 0.29) is 0 Å². The summed E-state index contributed by atoms with van der Waals surface area (Å²) in [5, 5.41) is 18.1. The SMILES string of the molecule is CCc1cnccc1C(O)c1cnnn1CC. The van der Waals surface area contributed by atoms with Crippen LogP contribution in [0.5, 0.6) is 0 Å². The number of aliphatic hydroxyl groups excluding tert-OH is 1. The first kappa shape index (κ1) is 11.7. The minimum absolute atomic E-state index is 0.692. The van der Waals surface area contributed by atoms with E-state index >= 15 is 0 Å². The molecule has 17 heavy (non-hydrogen) atoms. The van der Waals surface area contributed by atoms with E-state index in [1.54, 1.807) is 23.3 Å². The van der Waals surface area contributed by atoms with Crippen molar-refractivity contribution in [1.29, 1.82) is 0 Å². The van der Waals surface area contributed by atoms with Gasteiger partial charge in [0, 0.05) is 18.9 Å². The van der Waals surface area contributed by atoms with Gasteiger partial charge in [0.1, 0.15) is 6.10 Å². The van der Waals surface area contributed by atoms with E-state index in [0.717, 1.165) is 17.5 Å². The monoisotopic (exact) mass is 232 g/mol. The molecule has 0 aromatic carbocycles. The van der Waals surface area contributed by atoms with Gasteiger partial charge in [0.25, 0.3) is 0 Å². The van der Waals surface area contributed by atoms with Crippen LogP contribution >= 0.6 is 0 Å². The number of aromatic nitrogens is 4. The molecule has 5 heteroatoms. The highest BCUT2D eigenvalue weighted by molar-refractivity contribution is 5.30. The van der Waals surface area contributed by atoms with Crippen LogP contribution in [0.3, 0.4) is 0 Å². The fourth-order valence-electron chi connectivity index (χ4n) is 1.88. The minimum atomic E-state index is -0.692. The predicted molar refractivity (Wildman–Crippen MR) is 63.4 cm³/mol. The number of aryl methyl sites for hydroxylation is 2. The Hall–Kier alpha value is -1.75. The molecule has 0 saturated heterocycles. The molecule has 0 aliphatic heterocycles. The Morgan fingerprint density at radius 1 is 1.35 bits per heavy atom. The first-order valence-electron chi connectivity index (χ1n) is 5.77. The fourth-order valence-corrected chi connectivity index (χ4v) is 1.88. The Morgan fingerprint density at radius 3 is 2.88 bits per heavy atom. The van der Waals surface area contributed by atoms with E-state index in [9.17, 15) is 5.11 Å². The van der Waals surface area contributed by atoms with Gasteiger partial charge in [-0.2, -0.15) is 0 Å². The molecule has 1 atom stereocenters. The van der Waals surface area contributed by atoms with E-state index in [1.165, 1.54) is 0 Å². The van der Waals surface area contributed by atoms with Crippen molar-refractivity contribution >= 4 is 0 Å². The molecule has 0 aliphatic carbocycles. The zero-order valence-corrected chi connectivity index (χ0v) is 10.0. The van der Waals surface area contributed by atoms with E-state index in [2.05, 4.69) is 15.3 Å². The summed E-state index contributed by atoms with van der Waals surface area (Å²) in [4.78, 5) is 4.07. The number of hydrogen-bond donors (Lipinski definition) is 1. The third-order valence-corrected chi connectivity index (χ3v) is 2.84. The molecule has 0 amide bonds. The molecule has 0 fully saturated rings. The van der Waals surface area contributed by atoms with Crippen molar-refractivity contribution < 1.29 is 5.11 Å². The van der Waals surface area contributed by atoms with Crippen molar-refractivity contribution in [3.8, 4) is 0 Å². The maximum absolute atomic E-state index is 10.4. The lowest BCUT2D eigenvalue weighted by Gasteiger charge is -2.14. The highest BCUT2D eigenvalue weighted by atomic mass is 16.3. The highest BCUT2D eigenvalue weighted by Gasteiger charge is 2.18. The van der Waals surface area contributed by atoms with Crippen LogP contribution in [0.4, 0.5) is 0 Å². The number of hydrogen-bond acceptors (Lipinski definition) is 4. The van der Waals surface area contributed by atoms with Gasteiger partial charge in [-0.25, -0.2) is 4.68 Å². The summed E-state index contributed by atoms with van der Waals surface area (Å²) < 4.78 is 1.70. The topological polar surface area (TPSA) is 63.8 Å². The quantitative estimate of drug-likeness (QED) is 0.864. The van der Waals surface area contributed by atoms with Gasteiger partial charge in [0.15, 0.2) is 0 Å². The zero-order valence-electron chi connectivity index (χ0n) is 10.0. The molecule has 0 spiro atoms. The van der Waals surface area contributed by atoms with Crippen LogP contribution in [-0.2, 0) is 13.0 Å². The number of rotatable bonds is 4. The third kappa shape index (κ3) is 2.19. The molecular weight excluding hydrogens is 216 g/mol. The number of aliphatic hydroxyl groups is 1. The van der Waals surface area contributed by atoms with E-state index in [4.69, 9.17) is 0 Å². The molecule has 90 valence electrons. The van der Waals surface area contributed by atoms with Crippen molar-refractivity contribution in [2.24, 2.45) is 0 Å². The van der Waals surface area contributed by atoms with E-state index in [0.29, 0.717) is 12.2 Å². The van der Waals surface area contributed by atoms with Crippen LogP contribution in [0.2, 0.25) is 0 Å². The van der Waals surface area contributed by atoms with Crippen molar-refractivity contribution in [3.05, 3.63) is 41.5 Å². The lowest BCUT2D eigenvalue weighted by atomic mass is 10.0. The molecule has 2 aromatic heterocycles. The summed E-state index contributed by atoms with van der Waals surface area (Å²) in [6, 6.07) is 1.84. The molecule has 0 aliphatic rings. The number of pyridine rings is 1. The van der Waals surface area contributed by atoms with Gasteiger partial charge < -0.3 is 5.11 Å². The lowest BCUT2D eigenvalue weighted by Crippen LogP contribution is -2.11. The van der Waals surface area contributed by atoms with Crippen LogP contribution in [0.15, 0.2) is 24.7 Å². The summed E-state index contributed by atoms with van der Waals surface area (Å²) in [6.45, 7) is 4.71. The van der Waals surface area contributed by atoms with Gasteiger partial charge in [-0.05, 0) is 30.5 Å². The van der Waals surface area contributed by atoms with Crippen LogP contribution in [-0.4, -0.2) is 25.1 Å². The van der Waals surface area contributed by atoms with Crippen molar-refractivity contribution in [3.63, 3.8) is 0 Å². The molecule has 1 N–H and O–H groups in total. The Kier molecular flexibility index (Phi) is 3.49. The molecule has 5 nitrogen and oxygen atoms in total. The molecular formula is C12H16N4O. The van der Waals surface area contributed by atoms with Gasteiger partial charge >= 0.3 is 0 Å². The van der Waals surface area contributed by atoms with Crippen molar-refractivity contribution in [2.75, 3.05) is 0 Å². The fraction of sp³-hybridized carbons (Fsp3) is 0.417. The van der Waals surface area contributed by atoms with Crippen molar-refractivity contribution in [2.45, 2.75) is 32.9 Å². The van der Waals surface area contributed by atoms with Gasteiger partial charge in [-0.3, -0.25) is 4.98 Å². The maximum Gasteiger partial charge on any atom is 0.123 e. The van der Waals surface area contributed by atoms with E-state index < -0.39 is 6.10 Å². The maximum atomic E-state index is 10.4. The van der Waals surface area contributed by atoms with Crippen molar-refractivity contribution in [1.82, 2.24) is 20.0 Å². The van der Waals surface area contributed by atoms with Gasteiger partial charge in [-0.1, -0.05) is 12.1 Å². The van der Waals surface area contributed by atoms with Gasteiger partial charge in [-0.15, -0.1) is 5.10 Å². The summed E-state index contributed by atoms with van der Waals surface area (Å²) >= 11 is 0. The molecule has 2 aromatic rings. The predicted octanol–water partition coefficient (Wildman–Crippen LogP) is 1.34. The van der Waals surface area contributed by atoms with Crippen LogP contribution in [0.1, 0.15) is 36.8 Å². The second kappa shape index (κ2) is 5.05. The summed E-state index contributed by atoms with van der Waals surface area (Å²) in [5.74, 6) is 0. The van der Waals surface area contributed by atoms with Crippen LogP contribution < -0.4 is 0 Å². The highest BCUT2D eigenvalue weighted by Crippen LogP contribution is 2.23. The van der Waals surface area contributed by atoms with E-state index in [1.807, 2.05) is 19.9 Å². The molecule has 0 bridgehead atoms. The second-order valence-corrected chi connectivity index (χ2v) is 3.81. The van der Waals surface area contributed by atoms with Crippen LogP contribution in [0, 0.1) is 0 Å². The normalized spacial score (nSPS) is 12.6. The standard InChI is InChI=1S/C12H16N4O/c1-3-9-7-13-6-5-10(9)12(17)11-8-14-15-16(11)4-2/h5-8,12,17H,3-4H2,1-2H3. The second-order valence-electron chi connectivity index (χ2n) is 3.81. The van der Waals surface area contributed by atoms with Gasteiger partial charge in [0.05, 0.1) is 11.9 Å². The third-order valence-electron chi connectivity index (χ3n) is 2.84. The molecule has 2 rings (SSSR count). The molecule has 1 unspecified atom stereocenters. The first-order valence-corrected chi connectivity index (χ1v) is 5.77. The molecule has 0 radical (unpaired) electrons. The molecule has 0 saturated carbocycles. The Balaban J connectivity index is 2.40. The lowest BCUT2D eigenvalue weighted by molar-refractivity contribution is 0.207. The Bertz CT molecular complexity index is 495. The zero-order chi connectivity index (χ0) is 12.3. The first-order chi connectivity index (χ1) is 8.27. The smallest absolute Gasteiger partial charge is 0.123 e. The van der Waals surface area contributed by atoms with Crippen LogP contribution in [0.25, 0.3) is 0 Å². The summed E-state index contributed by atoms with van der Waals surface area (Å²) in [6.07, 6.45) is 5.24. The molecule has 2 heterocycles. The Morgan fingerprint density at radius 2 is 2.18 bits per heavy atom. The minimum Gasteiger partial charge on any atom is -0.382 e.